The van der Waals surface area contributed by atoms with Crippen LogP contribution in [0, 0.1) is 0 Å². The summed E-state index contributed by atoms with van der Waals surface area (Å²) < 4.78 is 6.86. The number of fused-ring (bicyclic) bond motifs is 1. The fourth-order valence-electron chi connectivity index (χ4n) is 4.96. The first-order valence-electron chi connectivity index (χ1n) is 12.5. The Balaban J connectivity index is 1.56. The second-order valence-electron chi connectivity index (χ2n) is 9.54. The van der Waals surface area contributed by atoms with Crippen LogP contribution in [0.3, 0.4) is 0 Å². The van der Waals surface area contributed by atoms with E-state index in [-0.39, 0.29) is 35.7 Å². The number of hydrogen-bond acceptors (Lipinski definition) is 5. The first-order chi connectivity index (χ1) is 16.9. The third kappa shape index (κ3) is 4.90. The zero-order valence-electron chi connectivity index (χ0n) is 20.9. The van der Waals surface area contributed by atoms with Gasteiger partial charge in [0.1, 0.15) is 17.0 Å². The van der Waals surface area contributed by atoms with E-state index in [9.17, 15) is 14.4 Å². The Morgan fingerprint density at radius 3 is 2.43 bits per heavy atom. The van der Waals surface area contributed by atoms with Crippen molar-refractivity contribution in [1.29, 1.82) is 0 Å². The lowest BCUT2D eigenvalue weighted by molar-refractivity contribution is -0.133. The van der Waals surface area contributed by atoms with Crippen LogP contribution in [0.1, 0.15) is 72.5 Å². The number of amides is 3. The topological polar surface area (TPSA) is 96.8 Å². The van der Waals surface area contributed by atoms with Crippen molar-refractivity contribution in [2.45, 2.75) is 64.6 Å². The Kier molecular flexibility index (Phi) is 7.42. The Morgan fingerprint density at radius 1 is 1.11 bits per heavy atom. The predicted octanol–water partition coefficient (Wildman–Crippen LogP) is 2.85. The quantitative estimate of drug-likeness (QED) is 0.656. The van der Waals surface area contributed by atoms with Gasteiger partial charge in [-0.05, 0) is 43.9 Å². The van der Waals surface area contributed by atoms with E-state index in [1.54, 1.807) is 23.5 Å². The molecule has 0 spiro atoms. The maximum Gasteiger partial charge on any atom is 0.274 e. The molecular formula is C26H35N5O4. The van der Waals surface area contributed by atoms with Crippen molar-refractivity contribution in [2.75, 3.05) is 26.7 Å². The Bertz CT molecular complexity index is 1070. The summed E-state index contributed by atoms with van der Waals surface area (Å²) in [6.45, 7) is 6.10. The van der Waals surface area contributed by atoms with Gasteiger partial charge in [-0.15, -0.1) is 0 Å². The van der Waals surface area contributed by atoms with E-state index in [1.807, 2.05) is 36.1 Å². The van der Waals surface area contributed by atoms with E-state index in [2.05, 4.69) is 10.3 Å². The molecule has 0 bridgehead atoms. The fraction of sp³-hybridized carbons (Fsp3) is 0.538. The second kappa shape index (κ2) is 10.5. The standard InChI is InChI=1S/C26H35N5O4/c1-4-13-31-24(33)22-21(23(32)29-14-7-5-6-8-15-29)28-18-30(22)17-26(31,2)25(34)27-16-19-9-11-20(35-3)12-10-19/h9-12,18H,4-8,13-17H2,1-3H3,(H,27,34). The van der Waals surface area contributed by atoms with Crippen molar-refractivity contribution in [3.8, 4) is 5.75 Å². The van der Waals surface area contributed by atoms with Crippen LogP contribution in [0.2, 0.25) is 0 Å². The lowest BCUT2D eigenvalue weighted by Crippen LogP contribution is -2.64. The summed E-state index contributed by atoms with van der Waals surface area (Å²) in [5.74, 6) is -0.0130. The van der Waals surface area contributed by atoms with Gasteiger partial charge in [-0.25, -0.2) is 4.98 Å². The van der Waals surface area contributed by atoms with Crippen molar-refractivity contribution in [1.82, 2.24) is 24.7 Å². The molecule has 2 aliphatic rings. The highest BCUT2D eigenvalue weighted by molar-refractivity contribution is 6.07. The molecule has 9 heteroatoms. The largest absolute Gasteiger partial charge is 0.497 e. The minimum atomic E-state index is -1.10. The molecule has 1 fully saturated rings. The number of benzene rings is 1. The molecule has 1 saturated heterocycles. The maximum absolute atomic E-state index is 13.7. The normalized spacial score (nSPS) is 20.3. The van der Waals surface area contributed by atoms with Crippen LogP contribution in [-0.4, -0.2) is 69.4 Å². The minimum Gasteiger partial charge on any atom is -0.497 e. The number of hydrogen-bond donors (Lipinski definition) is 1. The van der Waals surface area contributed by atoms with E-state index < -0.39 is 5.54 Å². The molecule has 0 aliphatic carbocycles. The maximum atomic E-state index is 13.7. The van der Waals surface area contributed by atoms with Gasteiger partial charge in [-0.3, -0.25) is 14.4 Å². The van der Waals surface area contributed by atoms with Gasteiger partial charge in [0.15, 0.2) is 5.69 Å². The summed E-state index contributed by atoms with van der Waals surface area (Å²) >= 11 is 0. The van der Waals surface area contributed by atoms with Crippen molar-refractivity contribution >= 4 is 17.7 Å². The molecule has 0 radical (unpaired) electrons. The number of imidazole rings is 1. The van der Waals surface area contributed by atoms with Crippen LogP contribution < -0.4 is 10.1 Å². The molecule has 1 unspecified atom stereocenters. The molecule has 1 atom stereocenters. The Hall–Kier alpha value is -3.36. The van der Waals surface area contributed by atoms with E-state index in [1.165, 1.54) is 6.33 Å². The van der Waals surface area contributed by atoms with E-state index in [0.717, 1.165) is 37.0 Å². The van der Waals surface area contributed by atoms with Gasteiger partial charge in [0.2, 0.25) is 5.91 Å². The molecule has 9 nitrogen and oxygen atoms in total. The third-order valence-corrected chi connectivity index (χ3v) is 7.00. The molecule has 4 rings (SSSR count). The third-order valence-electron chi connectivity index (χ3n) is 7.00. The van der Waals surface area contributed by atoms with Gasteiger partial charge < -0.3 is 24.4 Å². The molecule has 35 heavy (non-hydrogen) atoms. The predicted molar refractivity (Wildman–Crippen MR) is 131 cm³/mol. The molecule has 3 heterocycles. The average molecular weight is 482 g/mol. The minimum absolute atomic E-state index is 0.193. The van der Waals surface area contributed by atoms with Crippen LogP contribution in [0.5, 0.6) is 5.75 Å². The summed E-state index contributed by atoms with van der Waals surface area (Å²) in [5, 5.41) is 2.99. The van der Waals surface area contributed by atoms with Gasteiger partial charge in [-0.1, -0.05) is 31.9 Å². The SMILES string of the molecule is CCCN1C(=O)c2c(C(=O)N3CCCCCC3)ncn2CC1(C)C(=O)NCc1ccc(OC)cc1. The number of likely N-dealkylation sites (tertiary alicyclic amines) is 1. The van der Waals surface area contributed by atoms with Gasteiger partial charge in [0, 0.05) is 26.2 Å². The number of nitrogens with zero attached hydrogens (tertiary/aromatic N) is 4. The number of rotatable bonds is 7. The van der Waals surface area contributed by atoms with Gasteiger partial charge in [0.05, 0.1) is 20.0 Å². The highest BCUT2D eigenvalue weighted by atomic mass is 16.5. The van der Waals surface area contributed by atoms with Crippen LogP contribution >= 0.6 is 0 Å². The van der Waals surface area contributed by atoms with Crippen LogP contribution in [0.15, 0.2) is 30.6 Å². The summed E-state index contributed by atoms with van der Waals surface area (Å²) in [7, 11) is 1.61. The van der Waals surface area contributed by atoms with Crippen molar-refractivity contribution in [3.05, 3.63) is 47.5 Å². The molecule has 1 aromatic carbocycles. The molecule has 1 N–H and O–H groups in total. The number of carbonyl (C=O) groups excluding carboxylic acids is 3. The van der Waals surface area contributed by atoms with E-state index in [4.69, 9.17) is 4.74 Å². The zero-order chi connectivity index (χ0) is 25.0. The first kappa shape index (κ1) is 24.8. The monoisotopic (exact) mass is 481 g/mol. The highest BCUT2D eigenvalue weighted by Crippen LogP contribution is 2.30. The Morgan fingerprint density at radius 2 is 1.80 bits per heavy atom. The van der Waals surface area contributed by atoms with E-state index in [0.29, 0.717) is 32.6 Å². The van der Waals surface area contributed by atoms with Gasteiger partial charge >= 0.3 is 0 Å². The number of ether oxygens (including phenoxy) is 1. The number of aromatic nitrogens is 2. The summed E-state index contributed by atoms with van der Waals surface area (Å²) in [6, 6.07) is 7.48. The summed E-state index contributed by atoms with van der Waals surface area (Å²) in [4.78, 5) is 48.2. The molecular weight excluding hydrogens is 446 g/mol. The van der Waals surface area contributed by atoms with Crippen molar-refractivity contribution < 1.29 is 19.1 Å². The lowest BCUT2D eigenvalue weighted by atomic mass is 9.93. The average Bonchev–Trinajstić information content (AvgIpc) is 3.09. The number of nitrogens with one attached hydrogen (secondary N) is 1. The second-order valence-corrected chi connectivity index (χ2v) is 9.54. The number of methoxy groups -OCH3 is 1. The smallest absolute Gasteiger partial charge is 0.274 e. The molecule has 2 aromatic rings. The van der Waals surface area contributed by atoms with Crippen LogP contribution in [-0.2, 0) is 17.9 Å². The van der Waals surface area contributed by atoms with Gasteiger partial charge in [0.25, 0.3) is 11.8 Å². The fourth-order valence-corrected chi connectivity index (χ4v) is 4.96. The van der Waals surface area contributed by atoms with Crippen molar-refractivity contribution in [2.24, 2.45) is 0 Å². The van der Waals surface area contributed by atoms with Crippen LogP contribution in [0.4, 0.5) is 0 Å². The Labute approximate surface area is 206 Å². The first-order valence-corrected chi connectivity index (χ1v) is 12.5. The lowest BCUT2D eigenvalue weighted by Gasteiger charge is -2.43. The zero-order valence-corrected chi connectivity index (χ0v) is 20.9. The molecule has 2 aliphatic heterocycles. The number of carbonyl (C=O) groups is 3. The van der Waals surface area contributed by atoms with Crippen molar-refractivity contribution in [3.63, 3.8) is 0 Å². The highest BCUT2D eigenvalue weighted by Gasteiger charge is 2.48. The summed E-state index contributed by atoms with van der Waals surface area (Å²) in [6.07, 6.45) is 6.36. The summed E-state index contributed by atoms with van der Waals surface area (Å²) in [5.41, 5.74) is 0.309. The van der Waals surface area contributed by atoms with Crippen LogP contribution in [0.25, 0.3) is 0 Å². The molecule has 3 amide bonds. The molecule has 188 valence electrons. The van der Waals surface area contributed by atoms with E-state index >= 15 is 0 Å². The molecule has 0 saturated carbocycles. The van der Waals surface area contributed by atoms with Gasteiger partial charge in [-0.2, -0.15) is 0 Å². The molecule has 1 aromatic heterocycles.